The molecule has 7 nitrogen and oxygen atoms in total. The summed E-state index contributed by atoms with van der Waals surface area (Å²) in [6.07, 6.45) is 2.00. The van der Waals surface area contributed by atoms with Crippen molar-refractivity contribution in [2.75, 3.05) is 6.54 Å². The minimum Gasteiger partial charge on any atom is -0.494 e. The third-order valence-electron chi connectivity index (χ3n) is 3.87. The number of pyridine rings is 1. The highest BCUT2D eigenvalue weighted by molar-refractivity contribution is 5.98. The average Bonchev–Trinajstić information content (AvgIpc) is 2.82. The van der Waals surface area contributed by atoms with Gasteiger partial charge in [0.2, 0.25) is 0 Å². The summed E-state index contributed by atoms with van der Waals surface area (Å²) < 4.78 is 0. The lowest BCUT2D eigenvalue weighted by molar-refractivity contribution is -0.148. The summed E-state index contributed by atoms with van der Waals surface area (Å²) in [5, 5.41) is 18.9. The van der Waals surface area contributed by atoms with E-state index in [0.717, 1.165) is 12.1 Å². The topological polar surface area (TPSA) is 111 Å². The van der Waals surface area contributed by atoms with E-state index in [-0.39, 0.29) is 5.56 Å². The molecule has 114 valence electrons. The van der Waals surface area contributed by atoms with E-state index in [1.165, 1.54) is 4.90 Å². The zero-order chi connectivity index (χ0) is 15.6. The second-order valence-electron chi connectivity index (χ2n) is 5.27. The highest BCUT2D eigenvalue weighted by atomic mass is 16.4. The summed E-state index contributed by atoms with van der Waals surface area (Å²) in [5.74, 6) is -1.98. The molecule has 0 bridgehead atoms. The van der Waals surface area contributed by atoms with Crippen LogP contribution in [0.5, 0.6) is 5.88 Å². The first-order valence-electron chi connectivity index (χ1n) is 6.89. The van der Waals surface area contributed by atoms with E-state index >= 15 is 0 Å². The molecule has 0 aromatic carbocycles. The number of hydrogen-bond acceptors (Lipinski definition) is 4. The fourth-order valence-corrected chi connectivity index (χ4v) is 2.99. The standard InChI is InChI=1S/C14H18N2O5/c1-2-4-14(13(20)21)5-3-6-16(14)12(19)9-7-10(17)15-11(18)8-9/h7-8H,2-6H2,1H3,(H,20,21)(H2,15,17,18). The number of rotatable bonds is 4. The van der Waals surface area contributed by atoms with E-state index < -0.39 is 28.9 Å². The minimum absolute atomic E-state index is 0.000113. The Kier molecular flexibility index (Phi) is 4.02. The van der Waals surface area contributed by atoms with Crippen LogP contribution in [0.1, 0.15) is 43.0 Å². The van der Waals surface area contributed by atoms with Crippen LogP contribution in [0.3, 0.4) is 0 Å². The average molecular weight is 294 g/mol. The lowest BCUT2D eigenvalue weighted by Crippen LogP contribution is -2.53. The van der Waals surface area contributed by atoms with Crippen molar-refractivity contribution in [1.82, 2.24) is 9.88 Å². The summed E-state index contributed by atoms with van der Waals surface area (Å²) in [5.41, 5.74) is -1.82. The third kappa shape index (κ3) is 2.63. The maximum absolute atomic E-state index is 12.5. The van der Waals surface area contributed by atoms with Crippen molar-refractivity contribution in [3.8, 4) is 5.88 Å². The Balaban J connectivity index is 2.41. The number of aliphatic carboxylic acids is 1. The molecule has 1 unspecified atom stereocenters. The SMILES string of the molecule is CCCC1(C(=O)O)CCCN1C(=O)c1cc(O)[nH]c(=O)c1. The molecule has 21 heavy (non-hydrogen) atoms. The molecule has 1 fully saturated rings. The van der Waals surface area contributed by atoms with Crippen molar-refractivity contribution >= 4 is 11.9 Å². The zero-order valence-electron chi connectivity index (χ0n) is 11.8. The highest BCUT2D eigenvalue weighted by Gasteiger charge is 2.49. The molecule has 1 aliphatic heterocycles. The number of carbonyl (C=O) groups is 2. The van der Waals surface area contributed by atoms with Crippen LogP contribution >= 0.6 is 0 Å². The van der Waals surface area contributed by atoms with Gasteiger partial charge in [-0.05, 0) is 19.3 Å². The van der Waals surface area contributed by atoms with E-state index in [0.29, 0.717) is 32.2 Å². The van der Waals surface area contributed by atoms with Crippen LogP contribution in [-0.4, -0.2) is 44.1 Å². The predicted molar refractivity (Wildman–Crippen MR) is 74.3 cm³/mol. The first kappa shape index (κ1) is 15.1. The van der Waals surface area contributed by atoms with Gasteiger partial charge in [0.05, 0.1) is 5.56 Å². The van der Waals surface area contributed by atoms with Gasteiger partial charge in [-0.2, -0.15) is 0 Å². The van der Waals surface area contributed by atoms with E-state index in [4.69, 9.17) is 0 Å². The lowest BCUT2D eigenvalue weighted by Gasteiger charge is -2.34. The molecule has 0 spiro atoms. The van der Waals surface area contributed by atoms with Gasteiger partial charge in [-0.25, -0.2) is 4.79 Å². The predicted octanol–water partition coefficient (Wildman–Crippen LogP) is 0.940. The quantitative estimate of drug-likeness (QED) is 0.765. The van der Waals surface area contributed by atoms with Crippen molar-refractivity contribution in [2.24, 2.45) is 0 Å². The number of nitrogens with zero attached hydrogens (tertiary/aromatic N) is 1. The molecule has 1 aromatic rings. The van der Waals surface area contributed by atoms with Crippen molar-refractivity contribution in [3.63, 3.8) is 0 Å². The molecular weight excluding hydrogens is 276 g/mol. The number of carbonyl (C=O) groups excluding carboxylic acids is 1. The molecule has 1 aliphatic rings. The number of amides is 1. The molecule has 2 rings (SSSR count). The van der Waals surface area contributed by atoms with Gasteiger partial charge < -0.3 is 15.1 Å². The van der Waals surface area contributed by atoms with Crippen molar-refractivity contribution in [3.05, 3.63) is 28.0 Å². The Labute approximate surface area is 121 Å². The van der Waals surface area contributed by atoms with Crippen LogP contribution < -0.4 is 5.56 Å². The monoisotopic (exact) mass is 294 g/mol. The van der Waals surface area contributed by atoms with E-state index in [1.807, 2.05) is 6.92 Å². The number of nitrogens with one attached hydrogen (secondary N) is 1. The second kappa shape index (κ2) is 5.59. The fourth-order valence-electron chi connectivity index (χ4n) is 2.99. The van der Waals surface area contributed by atoms with E-state index in [2.05, 4.69) is 4.98 Å². The maximum atomic E-state index is 12.5. The van der Waals surface area contributed by atoms with Crippen LogP contribution in [0, 0.1) is 0 Å². The minimum atomic E-state index is -1.22. The van der Waals surface area contributed by atoms with Crippen LogP contribution in [0.25, 0.3) is 0 Å². The molecule has 0 saturated carbocycles. The summed E-state index contributed by atoms with van der Waals surface area (Å²) in [7, 11) is 0. The fraction of sp³-hybridized carbons (Fsp3) is 0.500. The van der Waals surface area contributed by atoms with Gasteiger partial charge in [0.25, 0.3) is 11.5 Å². The molecule has 1 amide bonds. The molecule has 1 aromatic heterocycles. The van der Waals surface area contributed by atoms with Gasteiger partial charge in [-0.15, -0.1) is 0 Å². The molecule has 7 heteroatoms. The van der Waals surface area contributed by atoms with E-state index in [1.54, 1.807) is 0 Å². The molecule has 0 radical (unpaired) electrons. The first-order valence-corrected chi connectivity index (χ1v) is 6.89. The molecule has 1 saturated heterocycles. The highest BCUT2D eigenvalue weighted by Crippen LogP contribution is 2.35. The normalized spacial score (nSPS) is 21.5. The maximum Gasteiger partial charge on any atom is 0.329 e. The number of carboxylic acid groups (broad SMARTS) is 1. The van der Waals surface area contributed by atoms with Gasteiger partial charge in [0.1, 0.15) is 5.54 Å². The molecule has 1 atom stereocenters. The molecule has 3 N–H and O–H groups in total. The number of aromatic nitrogens is 1. The Morgan fingerprint density at radius 1 is 1.43 bits per heavy atom. The van der Waals surface area contributed by atoms with Crippen molar-refractivity contribution < 1.29 is 19.8 Å². The number of aromatic amines is 1. The van der Waals surface area contributed by atoms with Crippen molar-refractivity contribution in [2.45, 2.75) is 38.1 Å². The Morgan fingerprint density at radius 3 is 2.71 bits per heavy atom. The summed E-state index contributed by atoms with van der Waals surface area (Å²) in [4.78, 5) is 39.0. The summed E-state index contributed by atoms with van der Waals surface area (Å²) in [6.45, 7) is 2.20. The smallest absolute Gasteiger partial charge is 0.329 e. The van der Waals surface area contributed by atoms with Crippen LogP contribution in [0.4, 0.5) is 0 Å². The molecule has 0 aliphatic carbocycles. The van der Waals surface area contributed by atoms with Crippen LogP contribution in [0.2, 0.25) is 0 Å². The number of H-pyrrole nitrogens is 1. The Hall–Kier alpha value is -2.31. The largest absolute Gasteiger partial charge is 0.494 e. The number of hydrogen-bond donors (Lipinski definition) is 3. The van der Waals surface area contributed by atoms with E-state index in [9.17, 15) is 24.6 Å². The first-order chi connectivity index (χ1) is 9.90. The van der Waals surface area contributed by atoms with Gasteiger partial charge in [0, 0.05) is 18.7 Å². The van der Waals surface area contributed by atoms with Crippen molar-refractivity contribution in [1.29, 1.82) is 0 Å². The second-order valence-corrected chi connectivity index (χ2v) is 5.27. The van der Waals surface area contributed by atoms with Gasteiger partial charge in [-0.1, -0.05) is 13.3 Å². The Bertz CT molecular complexity index is 624. The van der Waals surface area contributed by atoms with Gasteiger partial charge in [0.15, 0.2) is 5.88 Å². The number of carboxylic acids is 1. The molecular formula is C14H18N2O5. The summed E-state index contributed by atoms with van der Waals surface area (Å²) in [6, 6.07) is 2.21. The zero-order valence-corrected chi connectivity index (χ0v) is 11.8. The van der Waals surface area contributed by atoms with Crippen LogP contribution in [0.15, 0.2) is 16.9 Å². The van der Waals surface area contributed by atoms with Gasteiger partial charge in [-0.3, -0.25) is 14.6 Å². The number of likely N-dealkylation sites (tertiary alicyclic amines) is 1. The summed E-state index contributed by atoms with van der Waals surface area (Å²) >= 11 is 0. The molecule has 2 heterocycles. The third-order valence-corrected chi connectivity index (χ3v) is 3.87. The Morgan fingerprint density at radius 2 is 2.14 bits per heavy atom. The van der Waals surface area contributed by atoms with Gasteiger partial charge >= 0.3 is 5.97 Å². The van der Waals surface area contributed by atoms with Crippen LogP contribution in [-0.2, 0) is 4.79 Å². The lowest BCUT2D eigenvalue weighted by atomic mass is 9.90. The number of aromatic hydroxyl groups is 1.